The van der Waals surface area contributed by atoms with Gasteiger partial charge in [-0.25, -0.2) is 0 Å². The summed E-state index contributed by atoms with van der Waals surface area (Å²) in [5.41, 5.74) is 0.559. The van der Waals surface area contributed by atoms with E-state index in [1.807, 2.05) is 0 Å². The van der Waals surface area contributed by atoms with Crippen LogP contribution in [-0.4, -0.2) is 8.42 Å². The van der Waals surface area contributed by atoms with Crippen molar-refractivity contribution >= 4 is 10.1 Å². The summed E-state index contributed by atoms with van der Waals surface area (Å²) in [5, 5.41) is 8.38. The smallest absolute Gasteiger partial charge is 0.340 e. The van der Waals surface area contributed by atoms with Crippen molar-refractivity contribution < 1.29 is 12.6 Å². The van der Waals surface area contributed by atoms with Gasteiger partial charge in [0.1, 0.15) is 11.0 Å². The summed E-state index contributed by atoms with van der Waals surface area (Å²) in [6, 6.07) is 7.87. The van der Waals surface area contributed by atoms with Gasteiger partial charge in [0, 0.05) is 0 Å². The van der Waals surface area contributed by atoms with E-state index in [2.05, 4.69) is 10.8 Å². The molecule has 1 aromatic carbocycles. The van der Waals surface area contributed by atoms with E-state index in [4.69, 9.17) is 5.26 Å². The zero-order valence-corrected chi connectivity index (χ0v) is 8.91. The summed E-state index contributed by atoms with van der Waals surface area (Å²) in [4.78, 5) is 0.0430. The third kappa shape index (κ3) is 2.58. The van der Waals surface area contributed by atoms with Gasteiger partial charge >= 0.3 is 10.1 Å². The van der Waals surface area contributed by atoms with Crippen molar-refractivity contribution in [2.75, 3.05) is 0 Å². The van der Waals surface area contributed by atoms with Crippen LogP contribution in [0.2, 0.25) is 0 Å². The Balaban J connectivity index is 3.14. The molecule has 4 nitrogen and oxygen atoms in total. The summed E-state index contributed by atoms with van der Waals surface area (Å²) in [7, 11) is -3.92. The largest absolute Gasteiger partial charge is 0.368 e. The average molecular weight is 223 g/mol. The SMILES string of the molecule is C=C(C#N)OS(=O)(=O)c1ccccc1C. The first kappa shape index (κ1) is 11.3. The van der Waals surface area contributed by atoms with E-state index in [1.165, 1.54) is 12.1 Å². The predicted molar refractivity (Wildman–Crippen MR) is 54.2 cm³/mol. The second kappa shape index (κ2) is 4.15. The lowest BCUT2D eigenvalue weighted by Crippen LogP contribution is -2.06. The van der Waals surface area contributed by atoms with Crippen molar-refractivity contribution in [2.24, 2.45) is 0 Å². The Kier molecular flexibility index (Phi) is 3.12. The fourth-order valence-electron chi connectivity index (χ4n) is 1.03. The van der Waals surface area contributed by atoms with E-state index in [0.29, 0.717) is 5.56 Å². The van der Waals surface area contributed by atoms with E-state index in [-0.39, 0.29) is 4.90 Å². The molecule has 0 atom stereocenters. The minimum absolute atomic E-state index is 0.0430. The molecule has 1 rings (SSSR count). The van der Waals surface area contributed by atoms with Crippen LogP contribution in [0.3, 0.4) is 0 Å². The van der Waals surface area contributed by atoms with Crippen LogP contribution < -0.4 is 0 Å². The lowest BCUT2D eigenvalue weighted by Gasteiger charge is -2.06. The predicted octanol–water partition coefficient (Wildman–Crippen LogP) is 1.74. The molecule has 0 unspecified atom stereocenters. The molecular formula is C10H9NO3S. The van der Waals surface area contributed by atoms with Gasteiger partial charge in [0.2, 0.25) is 5.76 Å². The zero-order chi connectivity index (χ0) is 11.5. The summed E-state index contributed by atoms with van der Waals surface area (Å²) < 4.78 is 27.6. The summed E-state index contributed by atoms with van der Waals surface area (Å²) in [6.45, 7) is 4.80. The highest BCUT2D eigenvalue weighted by atomic mass is 32.2. The lowest BCUT2D eigenvalue weighted by molar-refractivity contribution is 0.423. The van der Waals surface area contributed by atoms with Crippen LogP contribution in [-0.2, 0) is 14.3 Å². The quantitative estimate of drug-likeness (QED) is 0.444. The van der Waals surface area contributed by atoms with Gasteiger partial charge in [-0.3, -0.25) is 0 Å². The maximum absolute atomic E-state index is 11.6. The Morgan fingerprint density at radius 2 is 2.07 bits per heavy atom. The number of hydrogen-bond acceptors (Lipinski definition) is 4. The molecule has 15 heavy (non-hydrogen) atoms. The van der Waals surface area contributed by atoms with Crippen LogP contribution >= 0.6 is 0 Å². The Labute approximate surface area is 88.5 Å². The van der Waals surface area contributed by atoms with Gasteiger partial charge in [0.25, 0.3) is 0 Å². The fourth-order valence-corrected chi connectivity index (χ4v) is 2.13. The highest BCUT2D eigenvalue weighted by Crippen LogP contribution is 2.18. The molecule has 0 N–H and O–H groups in total. The molecule has 0 saturated heterocycles. The zero-order valence-electron chi connectivity index (χ0n) is 8.10. The maximum Gasteiger partial charge on any atom is 0.340 e. The second-order valence-electron chi connectivity index (χ2n) is 2.84. The van der Waals surface area contributed by atoms with E-state index >= 15 is 0 Å². The van der Waals surface area contributed by atoms with Crippen molar-refractivity contribution in [1.29, 1.82) is 5.26 Å². The van der Waals surface area contributed by atoms with E-state index in [1.54, 1.807) is 25.1 Å². The number of benzene rings is 1. The molecule has 0 aliphatic carbocycles. The molecule has 0 aliphatic heterocycles. The van der Waals surface area contributed by atoms with Crippen LogP contribution in [0, 0.1) is 18.3 Å². The molecule has 0 saturated carbocycles. The Morgan fingerprint density at radius 1 is 1.47 bits per heavy atom. The van der Waals surface area contributed by atoms with E-state index in [0.717, 1.165) is 0 Å². The number of aryl methyl sites for hydroxylation is 1. The van der Waals surface area contributed by atoms with Gasteiger partial charge in [0.05, 0.1) is 0 Å². The van der Waals surface area contributed by atoms with Crippen LogP contribution in [0.5, 0.6) is 0 Å². The number of hydrogen-bond donors (Lipinski definition) is 0. The standard InChI is InChI=1S/C10H9NO3S/c1-8-5-3-4-6-10(8)15(12,13)14-9(2)7-11/h3-6H,2H2,1H3. The van der Waals surface area contributed by atoms with E-state index < -0.39 is 15.9 Å². The monoisotopic (exact) mass is 223 g/mol. The number of nitrogens with zero attached hydrogens (tertiary/aromatic N) is 1. The molecule has 0 fully saturated rings. The molecule has 0 heterocycles. The normalized spacial score (nSPS) is 10.4. The molecule has 5 heteroatoms. The van der Waals surface area contributed by atoms with Crippen molar-refractivity contribution in [2.45, 2.75) is 11.8 Å². The third-order valence-electron chi connectivity index (χ3n) is 1.70. The first-order valence-electron chi connectivity index (χ1n) is 4.06. The van der Waals surface area contributed by atoms with Crippen molar-refractivity contribution in [3.8, 4) is 6.07 Å². The minimum atomic E-state index is -3.92. The maximum atomic E-state index is 11.6. The molecule has 0 spiro atoms. The Morgan fingerprint density at radius 3 is 2.60 bits per heavy atom. The first-order valence-corrected chi connectivity index (χ1v) is 5.47. The summed E-state index contributed by atoms with van der Waals surface area (Å²) in [5.74, 6) is -0.446. The van der Waals surface area contributed by atoms with Gasteiger partial charge in [-0.15, -0.1) is 0 Å². The molecule has 0 aromatic heterocycles. The third-order valence-corrected chi connectivity index (χ3v) is 3.12. The van der Waals surface area contributed by atoms with Gasteiger partial charge in [-0.05, 0) is 25.1 Å². The van der Waals surface area contributed by atoms with Crippen LogP contribution in [0.25, 0.3) is 0 Å². The molecule has 0 radical (unpaired) electrons. The van der Waals surface area contributed by atoms with Crippen LogP contribution in [0.4, 0.5) is 0 Å². The van der Waals surface area contributed by atoms with Gasteiger partial charge < -0.3 is 4.18 Å². The van der Waals surface area contributed by atoms with Crippen molar-refractivity contribution in [3.63, 3.8) is 0 Å². The molecule has 0 amide bonds. The second-order valence-corrected chi connectivity index (χ2v) is 4.35. The molecule has 1 aromatic rings. The Bertz CT molecular complexity index is 526. The number of allylic oxidation sites excluding steroid dienone is 1. The first-order chi connectivity index (χ1) is 6.97. The topological polar surface area (TPSA) is 67.2 Å². The van der Waals surface area contributed by atoms with Crippen LogP contribution in [0.15, 0.2) is 41.5 Å². The molecule has 0 bridgehead atoms. The molecule has 78 valence electrons. The summed E-state index contributed by atoms with van der Waals surface area (Å²) >= 11 is 0. The number of rotatable bonds is 3. The van der Waals surface area contributed by atoms with Crippen molar-refractivity contribution in [3.05, 3.63) is 42.2 Å². The highest BCUT2D eigenvalue weighted by Gasteiger charge is 2.18. The average Bonchev–Trinajstić information content (AvgIpc) is 2.17. The minimum Gasteiger partial charge on any atom is -0.368 e. The molecule has 0 aliphatic rings. The van der Waals surface area contributed by atoms with E-state index in [9.17, 15) is 8.42 Å². The summed E-state index contributed by atoms with van der Waals surface area (Å²) in [6.07, 6.45) is 0. The number of nitriles is 1. The Hall–Kier alpha value is -1.80. The van der Waals surface area contributed by atoms with Gasteiger partial charge in [0.15, 0.2) is 0 Å². The van der Waals surface area contributed by atoms with Crippen molar-refractivity contribution in [1.82, 2.24) is 0 Å². The highest BCUT2D eigenvalue weighted by molar-refractivity contribution is 7.87. The van der Waals surface area contributed by atoms with Crippen LogP contribution in [0.1, 0.15) is 5.56 Å². The fraction of sp³-hybridized carbons (Fsp3) is 0.100. The van der Waals surface area contributed by atoms with Gasteiger partial charge in [-0.1, -0.05) is 18.2 Å². The molecular weight excluding hydrogens is 214 g/mol. The van der Waals surface area contributed by atoms with Gasteiger partial charge in [-0.2, -0.15) is 13.7 Å². The lowest BCUT2D eigenvalue weighted by atomic mass is 10.2.